The van der Waals surface area contributed by atoms with E-state index in [2.05, 4.69) is 15.9 Å². The van der Waals surface area contributed by atoms with Crippen LogP contribution in [0.3, 0.4) is 0 Å². The summed E-state index contributed by atoms with van der Waals surface area (Å²) in [6.45, 7) is 1.98. The lowest BCUT2D eigenvalue weighted by Crippen LogP contribution is -2.15. The molecule has 0 saturated heterocycles. The molecule has 1 aromatic rings. The Morgan fingerprint density at radius 1 is 1.54 bits per heavy atom. The number of nitrogens with two attached hydrogens (primary N) is 1. The molecule has 0 heterocycles. The Bertz CT molecular complexity index is 286. The molecular formula is C10H14BrNO. The van der Waals surface area contributed by atoms with Crippen LogP contribution >= 0.6 is 15.9 Å². The number of hydrogen-bond donors (Lipinski definition) is 2. The van der Waals surface area contributed by atoms with Crippen LogP contribution in [0.4, 0.5) is 0 Å². The summed E-state index contributed by atoms with van der Waals surface area (Å²) in [7, 11) is 0. The first kappa shape index (κ1) is 10.5. The topological polar surface area (TPSA) is 46.2 Å². The van der Waals surface area contributed by atoms with Crippen molar-refractivity contribution in [2.75, 3.05) is 0 Å². The van der Waals surface area contributed by atoms with Gasteiger partial charge < -0.3 is 10.8 Å². The van der Waals surface area contributed by atoms with Crippen molar-refractivity contribution in [3.05, 3.63) is 28.2 Å². The number of aryl methyl sites for hydroxylation is 1. The van der Waals surface area contributed by atoms with Gasteiger partial charge in [0.1, 0.15) is 5.75 Å². The van der Waals surface area contributed by atoms with E-state index in [1.807, 2.05) is 19.1 Å². The molecule has 3 N–H and O–H groups in total. The van der Waals surface area contributed by atoms with Gasteiger partial charge in [0.15, 0.2) is 0 Å². The maximum atomic E-state index is 9.39. The zero-order valence-electron chi connectivity index (χ0n) is 7.63. The average Bonchev–Trinajstić information content (AvgIpc) is 2.07. The molecule has 1 rings (SSSR count). The van der Waals surface area contributed by atoms with E-state index in [0.717, 1.165) is 22.9 Å². The summed E-state index contributed by atoms with van der Waals surface area (Å²) < 4.78 is 0.788. The van der Waals surface area contributed by atoms with Gasteiger partial charge >= 0.3 is 0 Å². The van der Waals surface area contributed by atoms with E-state index < -0.39 is 0 Å². The first-order valence-electron chi connectivity index (χ1n) is 4.33. The molecule has 0 aliphatic carbocycles. The van der Waals surface area contributed by atoms with Crippen molar-refractivity contribution in [1.82, 2.24) is 0 Å². The molecule has 1 unspecified atom stereocenters. The van der Waals surface area contributed by atoms with Gasteiger partial charge in [0.05, 0.1) is 4.47 Å². The Morgan fingerprint density at radius 2 is 2.23 bits per heavy atom. The highest BCUT2D eigenvalue weighted by Crippen LogP contribution is 2.28. The molecule has 0 saturated carbocycles. The van der Waals surface area contributed by atoms with E-state index in [4.69, 9.17) is 5.73 Å². The summed E-state index contributed by atoms with van der Waals surface area (Å²) in [4.78, 5) is 0. The van der Waals surface area contributed by atoms with Crippen LogP contribution in [0.25, 0.3) is 0 Å². The third kappa shape index (κ3) is 3.01. The molecule has 72 valence electrons. The van der Waals surface area contributed by atoms with Gasteiger partial charge in [-0.15, -0.1) is 0 Å². The maximum Gasteiger partial charge on any atom is 0.130 e. The lowest BCUT2D eigenvalue weighted by atomic mass is 10.1. The van der Waals surface area contributed by atoms with Crippen molar-refractivity contribution in [2.45, 2.75) is 25.8 Å². The number of aromatic hydroxyl groups is 1. The second-order valence-corrected chi connectivity index (χ2v) is 4.06. The maximum absolute atomic E-state index is 9.39. The molecule has 0 bridgehead atoms. The van der Waals surface area contributed by atoms with Crippen LogP contribution in [0.15, 0.2) is 22.7 Å². The lowest BCUT2D eigenvalue weighted by Gasteiger charge is -2.07. The highest BCUT2D eigenvalue weighted by Gasteiger charge is 2.04. The highest BCUT2D eigenvalue weighted by molar-refractivity contribution is 9.10. The van der Waals surface area contributed by atoms with Gasteiger partial charge in [0.2, 0.25) is 0 Å². The van der Waals surface area contributed by atoms with Crippen LogP contribution in [0, 0.1) is 0 Å². The van der Waals surface area contributed by atoms with Crippen molar-refractivity contribution in [1.29, 1.82) is 0 Å². The Hall–Kier alpha value is -0.540. The SMILES string of the molecule is CC(N)CCc1cccc(O)c1Br. The number of benzene rings is 1. The Morgan fingerprint density at radius 3 is 2.85 bits per heavy atom. The minimum atomic E-state index is 0.203. The molecule has 0 spiro atoms. The van der Waals surface area contributed by atoms with Crippen molar-refractivity contribution in [3.63, 3.8) is 0 Å². The summed E-state index contributed by atoms with van der Waals surface area (Å²) in [5.74, 6) is 0.294. The summed E-state index contributed by atoms with van der Waals surface area (Å²) in [6.07, 6.45) is 1.83. The number of phenolic OH excluding ortho intramolecular Hbond substituents is 1. The molecule has 2 nitrogen and oxygen atoms in total. The predicted molar refractivity (Wildman–Crippen MR) is 57.8 cm³/mol. The van der Waals surface area contributed by atoms with Crippen LogP contribution in [0.5, 0.6) is 5.75 Å². The standard InChI is InChI=1S/C10H14BrNO/c1-7(12)5-6-8-3-2-4-9(13)10(8)11/h2-4,7,13H,5-6,12H2,1H3. The summed E-state index contributed by atoms with van der Waals surface area (Å²) in [5.41, 5.74) is 6.76. The zero-order valence-corrected chi connectivity index (χ0v) is 9.21. The number of phenols is 1. The lowest BCUT2D eigenvalue weighted by molar-refractivity contribution is 0.470. The van der Waals surface area contributed by atoms with E-state index >= 15 is 0 Å². The van der Waals surface area contributed by atoms with Gasteiger partial charge in [-0.05, 0) is 47.3 Å². The molecular weight excluding hydrogens is 230 g/mol. The number of rotatable bonds is 3. The van der Waals surface area contributed by atoms with Crippen molar-refractivity contribution in [3.8, 4) is 5.75 Å². The largest absolute Gasteiger partial charge is 0.507 e. The van der Waals surface area contributed by atoms with Crippen LogP contribution < -0.4 is 5.73 Å². The molecule has 0 fully saturated rings. The molecule has 0 aromatic heterocycles. The van der Waals surface area contributed by atoms with Gasteiger partial charge in [-0.2, -0.15) is 0 Å². The third-order valence-electron chi connectivity index (χ3n) is 1.93. The molecule has 13 heavy (non-hydrogen) atoms. The molecule has 3 heteroatoms. The van der Waals surface area contributed by atoms with E-state index in [1.165, 1.54) is 0 Å². The van der Waals surface area contributed by atoms with Gasteiger partial charge in [0.25, 0.3) is 0 Å². The minimum Gasteiger partial charge on any atom is -0.507 e. The smallest absolute Gasteiger partial charge is 0.130 e. The fourth-order valence-corrected chi connectivity index (χ4v) is 1.61. The van der Waals surface area contributed by atoms with Crippen LogP contribution in [0.1, 0.15) is 18.9 Å². The molecule has 0 amide bonds. The fraction of sp³-hybridized carbons (Fsp3) is 0.400. The Labute approximate surface area is 86.9 Å². The van der Waals surface area contributed by atoms with E-state index in [-0.39, 0.29) is 6.04 Å². The van der Waals surface area contributed by atoms with E-state index in [0.29, 0.717) is 5.75 Å². The van der Waals surface area contributed by atoms with Crippen LogP contribution in [0.2, 0.25) is 0 Å². The first-order valence-corrected chi connectivity index (χ1v) is 5.12. The van der Waals surface area contributed by atoms with Gasteiger partial charge in [-0.1, -0.05) is 12.1 Å². The highest BCUT2D eigenvalue weighted by atomic mass is 79.9. The number of hydrogen-bond acceptors (Lipinski definition) is 2. The van der Waals surface area contributed by atoms with Gasteiger partial charge in [-0.3, -0.25) is 0 Å². The predicted octanol–water partition coefficient (Wildman–Crippen LogP) is 2.43. The molecule has 1 atom stereocenters. The van der Waals surface area contributed by atoms with Crippen molar-refractivity contribution < 1.29 is 5.11 Å². The Kier molecular flexibility index (Phi) is 3.75. The summed E-state index contributed by atoms with van der Waals surface area (Å²) in [5, 5.41) is 9.39. The second-order valence-electron chi connectivity index (χ2n) is 3.27. The average molecular weight is 244 g/mol. The van der Waals surface area contributed by atoms with Crippen LogP contribution in [-0.2, 0) is 6.42 Å². The van der Waals surface area contributed by atoms with Gasteiger partial charge in [0, 0.05) is 6.04 Å². The van der Waals surface area contributed by atoms with Crippen molar-refractivity contribution in [2.24, 2.45) is 5.73 Å². The van der Waals surface area contributed by atoms with E-state index in [9.17, 15) is 5.11 Å². The third-order valence-corrected chi connectivity index (χ3v) is 2.84. The quantitative estimate of drug-likeness (QED) is 0.857. The van der Waals surface area contributed by atoms with E-state index in [1.54, 1.807) is 6.07 Å². The molecule has 0 radical (unpaired) electrons. The van der Waals surface area contributed by atoms with Crippen molar-refractivity contribution >= 4 is 15.9 Å². The summed E-state index contributed by atoms with van der Waals surface area (Å²) >= 11 is 3.34. The molecule has 0 aliphatic heterocycles. The van der Waals surface area contributed by atoms with Gasteiger partial charge in [-0.25, -0.2) is 0 Å². The molecule has 0 aliphatic rings. The normalized spacial score (nSPS) is 12.8. The fourth-order valence-electron chi connectivity index (χ4n) is 1.14. The minimum absolute atomic E-state index is 0.203. The second kappa shape index (κ2) is 4.63. The Balaban J connectivity index is 2.71. The zero-order chi connectivity index (χ0) is 9.84. The monoisotopic (exact) mass is 243 g/mol. The van der Waals surface area contributed by atoms with Crippen LogP contribution in [-0.4, -0.2) is 11.1 Å². The first-order chi connectivity index (χ1) is 6.11. The summed E-state index contributed by atoms with van der Waals surface area (Å²) in [6, 6.07) is 5.71. The molecule has 1 aromatic carbocycles. The number of halogens is 1.